The second-order valence-corrected chi connectivity index (χ2v) is 6.95. The van der Waals surface area contributed by atoms with Crippen molar-refractivity contribution in [1.82, 2.24) is 10.2 Å². The molecular formula is C21H26N2O4S. The molecule has 1 aromatic carbocycles. The number of ether oxygens (including phenoxy) is 1. The largest absolute Gasteiger partial charge is 0.481 e. The average Bonchev–Trinajstić information content (AvgIpc) is 3.03. The summed E-state index contributed by atoms with van der Waals surface area (Å²) < 4.78 is 5.63. The Labute approximate surface area is 171 Å². The third kappa shape index (κ3) is 7.97. The van der Waals surface area contributed by atoms with Gasteiger partial charge in [-0.2, -0.15) is 0 Å². The van der Waals surface area contributed by atoms with Gasteiger partial charge in [-0.1, -0.05) is 36.3 Å². The summed E-state index contributed by atoms with van der Waals surface area (Å²) in [5.74, 6) is 5.14. The molecule has 1 heterocycles. The number of thiocarbonyl (C=S) groups is 1. The molecule has 1 aromatic rings. The summed E-state index contributed by atoms with van der Waals surface area (Å²) in [4.78, 5) is 24.2. The van der Waals surface area contributed by atoms with Crippen LogP contribution in [0.25, 0.3) is 0 Å². The van der Waals surface area contributed by atoms with E-state index in [2.05, 4.69) is 29.3 Å². The van der Waals surface area contributed by atoms with E-state index < -0.39 is 5.97 Å². The Morgan fingerprint density at radius 3 is 2.86 bits per heavy atom. The summed E-state index contributed by atoms with van der Waals surface area (Å²) in [6, 6.07) is 10.1. The minimum Gasteiger partial charge on any atom is -0.481 e. The number of amides is 1. The molecule has 0 unspecified atom stereocenters. The quantitative estimate of drug-likeness (QED) is 0.375. The van der Waals surface area contributed by atoms with Gasteiger partial charge in [0, 0.05) is 25.8 Å². The topological polar surface area (TPSA) is 78.9 Å². The van der Waals surface area contributed by atoms with Crippen LogP contribution < -0.4 is 5.32 Å². The summed E-state index contributed by atoms with van der Waals surface area (Å²) in [5.41, 5.74) is 1.23. The lowest BCUT2D eigenvalue weighted by Gasteiger charge is -2.23. The van der Waals surface area contributed by atoms with E-state index in [-0.39, 0.29) is 18.4 Å². The number of carboxylic acids is 1. The van der Waals surface area contributed by atoms with Crippen molar-refractivity contribution in [3.05, 3.63) is 35.9 Å². The van der Waals surface area contributed by atoms with Gasteiger partial charge in [0.1, 0.15) is 6.61 Å². The zero-order valence-electron chi connectivity index (χ0n) is 15.9. The molecule has 1 atom stereocenters. The van der Waals surface area contributed by atoms with Crippen LogP contribution in [0.2, 0.25) is 0 Å². The van der Waals surface area contributed by atoms with E-state index in [9.17, 15) is 9.59 Å². The molecule has 0 spiro atoms. The minimum absolute atomic E-state index is 0.0327. The molecule has 7 heteroatoms. The number of rotatable bonds is 9. The number of unbranched alkanes of at least 4 members (excludes halogenated alkanes) is 1. The average molecular weight is 403 g/mol. The van der Waals surface area contributed by atoms with Crippen LogP contribution in [0.5, 0.6) is 0 Å². The second kappa shape index (κ2) is 12.0. The molecule has 1 amide bonds. The maximum Gasteiger partial charge on any atom is 0.303 e. The molecule has 2 N–H and O–H groups in total. The fourth-order valence-electron chi connectivity index (χ4n) is 2.92. The lowest BCUT2D eigenvalue weighted by Crippen LogP contribution is -2.38. The highest BCUT2D eigenvalue weighted by Gasteiger charge is 2.30. The molecule has 1 aliphatic rings. The van der Waals surface area contributed by atoms with Gasteiger partial charge in [0.25, 0.3) is 5.17 Å². The summed E-state index contributed by atoms with van der Waals surface area (Å²) in [5, 5.41) is 12.0. The summed E-state index contributed by atoms with van der Waals surface area (Å²) >= 11 is 5.22. The summed E-state index contributed by atoms with van der Waals surface area (Å²) in [7, 11) is 0. The highest BCUT2D eigenvalue weighted by Crippen LogP contribution is 2.18. The van der Waals surface area contributed by atoms with Crippen molar-refractivity contribution in [1.29, 1.82) is 0 Å². The zero-order chi connectivity index (χ0) is 20.2. The van der Waals surface area contributed by atoms with E-state index in [0.29, 0.717) is 44.1 Å². The predicted octanol–water partition coefficient (Wildman–Crippen LogP) is 2.37. The first kappa shape index (κ1) is 21.7. The number of carbonyl (C=O) groups is 2. The van der Waals surface area contributed by atoms with Crippen molar-refractivity contribution in [3.8, 4) is 11.8 Å². The number of aliphatic carboxylic acids is 1. The fourth-order valence-corrected chi connectivity index (χ4v) is 3.09. The molecule has 6 nitrogen and oxygen atoms in total. The molecule has 0 aromatic heterocycles. The summed E-state index contributed by atoms with van der Waals surface area (Å²) in [6.45, 7) is 1.38. The fraction of sp³-hybridized carbons (Fsp3) is 0.476. The van der Waals surface area contributed by atoms with Crippen molar-refractivity contribution >= 4 is 29.3 Å². The Hall–Kier alpha value is -2.59. The van der Waals surface area contributed by atoms with Crippen molar-refractivity contribution in [2.24, 2.45) is 0 Å². The minimum atomic E-state index is -0.818. The van der Waals surface area contributed by atoms with Gasteiger partial charge in [0.05, 0.1) is 12.6 Å². The molecule has 0 bridgehead atoms. The van der Waals surface area contributed by atoms with Crippen LogP contribution in [0, 0.1) is 11.8 Å². The van der Waals surface area contributed by atoms with Gasteiger partial charge < -0.3 is 20.1 Å². The maximum absolute atomic E-state index is 12.0. The van der Waals surface area contributed by atoms with Crippen LogP contribution in [0.15, 0.2) is 30.3 Å². The normalized spacial score (nSPS) is 15.6. The van der Waals surface area contributed by atoms with Crippen LogP contribution in [0.1, 0.15) is 37.7 Å². The van der Waals surface area contributed by atoms with Crippen molar-refractivity contribution in [3.63, 3.8) is 0 Å². The number of nitrogens with one attached hydrogen (secondary N) is 1. The smallest absolute Gasteiger partial charge is 0.303 e. The SMILES string of the molecule is O=C(O)CCCC#CCN1C(=O)CC[C@@H]1COC(=S)NCCc1ccccc1. The van der Waals surface area contributed by atoms with Gasteiger partial charge >= 0.3 is 5.97 Å². The lowest BCUT2D eigenvalue weighted by atomic mass is 10.1. The van der Waals surface area contributed by atoms with E-state index in [1.54, 1.807) is 4.90 Å². The van der Waals surface area contributed by atoms with Gasteiger partial charge in [-0.25, -0.2) is 0 Å². The Bertz CT molecular complexity index is 727. The van der Waals surface area contributed by atoms with Gasteiger partial charge in [0.2, 0.25) is 5.91 Å². The number of nitrogens with zero attached hydrogens (tertiary/aromatic N) is 1. The first-order valence-electron chi connectivity index (χ1n) is 9.48. The summed E-state index contributed by atoms with van der Waals surface area (Å²) in [6.07, 6.45) is 3.23. The molecule has 1 fully saturated rings. The first-order chi connectivity index (χ1) is 13.6. The van der Waals surface area contributed by atoms with Crippen LogP contribution in [0.4, 0.5) is 0 Å². The third-order valence-electron chi connectivity index (χ3n) is 4.45. The number of hydrogen-bond acceptors (Lipinski definition) is 4. The van der Waals surface area contributed by atoms with E-state index in [4.69, 9.17) is 22.1 Å². The molecule has 1 saturated heterocycles. The van der Waals surface area contributed by atoms with E-state index in [0.717, 1.165) is 12.8 Å². The molecule has 0 saturated carbocycles. The Morgan fingerprint density at radius 1 is 1.32 bits per heavy atom. The molecule has 28 heavy (non-hydrogen) atoms. The van der Waals surface area contributed by atoms with E-state index in [1.807, 2.05) is 18.2 Å². The van der Waals surface area contributed by atoms with Gasteiger partial charge in [-0.05, 0) is 37.0 Å². The molecule has 150 valence electrons. The molecule has 0 radical (unpaired) electrons. The number of likely N-dealkylation sites (tertiary alicyclic amines) is 1. The zero-order valence-corrected chi connectivity index (χ0v) is 16.7. The Kier molecular flexibility index (Phi) is 9.29. The van der Waals surface area contributed by atoms with Gasteiger partial charge in [-0.15, -0.1) is 5.92 Å². The Morgan fingerprint density at radius 2 is 2.11 bits per heavy atom. The van der Waals surface area contributed by atoms with Crippen molar-refractivity contribution in [2.75, 3.05) is 19.7 Å². The second-order valence-electron chi connectivity index (χ2n) is 6.58. The number of benzene rings is 1. The molecular weight excluding hydrogens is 376 g/mol. The highest BCUT2D eigenvalue weighted by atomic mass is 32.1. The maximum atomic E-state index is 12.0. The lowest BCUT2D eigenvalue weighted by molar-refractivity contribution is -0.137. The highest BCUT2D eigenvalue weighted by molar-refractivity contribution is 7.80. The molecule has 0 aliphatic carbocycles. The third-order valence-corrected chi connectivity index (χ3v) is 4.71. The Balaban J connectivity index is 1.67. The van der Waals surface area contributed by atoms with Crippen LogP contribution >= 0.6 is 12.2 Å². The van der Waals surface area contributed by atoms with Gasteiger partial charge in [0.15, 0.2) is 0 Å². The monoisotopic (exact) mass is 402 g/mol. The van der Waals surface area contributed by atoms with Crippen LogP contribution in [-0.2, 0) is 20.7 Å². The molecule has 2 rings (SSSR count). The molecule has 1 aliphatic heterocycles. The standard InChI is InChI=1S/C21H26N2O4S/c24-19-12-11-18(23(19)15-7-2-1-6-10-20(25)26)16-27-21(28)22-14-13-17-8-4-3-5-9-17/h3-5,8-9,18H,1,6,10-16H2,(H,22,28)(H,25,26)/t18-/m1/s1. The first-order valence-corrected chi connectivity index (χ1v) is 9.88. The number of carboxylic acid groups (broad SMARTS) is 1. The van der Waals surface area contributed by atoms with E-state index in [1.165, 1.54) is 5.56 Å². The van der Waals surface area contributed by atoms with Crippen molar-refractivity contribution in [2.45, 2.75) is 44.6 Å². The number of hydrogen-bond donors (Lipinski definition) is 2. The number of carbonyl (C=O) groups excluding carboxylic acids is 1. The van der Waals surface area contributed by atoms with Crippen LogP contribution in [-0.4, -0.2) is 52.8 Å². The van der Waals surface area contributed by atoms with Gasteiger partial charge in [-0.3, -0.25) is 9.59 Å². The predicted molar refractivity (Wildman–Crippen MR) is 111 cm³/mol. The van der Waals surface area contributed by atoms with Crippen LogP contribution in [0.3, 0.4) is 0 Å². The van der Waals surface area contributed by atoms with E-state index >= 15 is 0 Å². The van der Waals surface area contributed by atoms with Crippen molar-refractivity contribution < 1.29 is 19.4 Å².